The third-order valence-corrected chi connectivity index (χ3v) is 3.79. The van der Waals surface area contributed by atoms with E-state index in [2.05, 4.69) is 15.9 Å². The normalized spacial score (nSPS) is 25.6. The van der Waals surface area contributed by atoms with Crippen LogP contribution in [0.5, 0.6) is 0 Å². The molecule has 0 saturated carbocycles. The predicted octanol–water partition coefficient (Wildman–Crippen LogP) is 1.71. The predicted molar refractivity (Wildman–Crippen MR) is 54.6 cm³/mol. The van der Waals surface area contributed by atoms with Crippen molar-refractivity contribution >= 4 is 21.8 Å². The van der Waals surface area contributed by atoms with Crippen molar-refractivity contribution in [3.05, 3.63) is 35.4 Å². The number of fused-ring (bicyclic) bond motifs is 1. The lowest BCUT2D eigenvalue weighted by molar-refractivity contribution is -0.120. The Morgan fingerprint density at radius 2 is 2.15 bits per heavy atom. The van der Waals surface area contributed by atoms with E-state index in [1.807, 2.05) is 24.3 Å². The van der Waals surface area contributed by atoms with Crippen LogP contribution in [0.15, 0.2) is 24.3 Å². The third-order valence-electron chi connectivity index (χ3n) is 2.57. The van der Waals surface area contributed by atoms with Crippen LogP contribution in [0.3, 0.4) is 0 Å². The average molecular weight is 240 g/mol. The first-order valence-electron chi connectivity index (χ1n) is 4.22. The van der Waals surface area contributed by atoms with Gasteiger partial charge in [-0.3, -0.25) is 4.79 Å². The third kappa shape index (κ3) is 1.18. The van der Waals surface area contributed by atoms with Crippen molar-refractivity contribution in [1.82, 2.24) is 0 Å². The van der Waals surface area contributed by atoms with E-state index in [1.165, 1.54) is 5.56 Å². The second-order valence-electron chi connectivity index (χ2n) is 3.32. The molecule has 3 heteroatoms. The second-order valence-corrected chi connectivity index (χ2v) is 4.68. The van der Waals surface area contributed by atoms with E-state index in [0.717, 1.165) is 18.4 Å². The minimum Gasteiger partial charge on any atom is -0.368 e. The zero-order valence-electron chi connectivity index (χ0n) is 7.09. The lowest BCUT2D eigenvalue weighted by Crippen LogP contribution is -2.33. The van der Waals surface area contributed by atoms with Gasteiger partial charge in [0.2, 0.25) is 5.91 Å². The fraction of sp³-hybridized carbons (Fsp3) is 0.300. The van der Waals surface area contributed by atoms with E-state index >= 15 is 0 Å². The molecule has 0 fully saturated rings. The molecule has 1 aliphatic carbocycles. The number of nitrogens with two attached hydrogens (primary N) is 1. The van der Waals surface area contributed by atoms with Crippen molar-refractivity contribution in [2.45, 2.75) is 17.2 Å². The molecular formula is C10H10BrNO. The van der Waals surface area contributed by atoms with Gasteiger partial charge in [-0.25, -0.2) is 0 Å². The molecule has 0 radical (unpaired) electrons. The second kappa shape index (κ2) is 2.84. The van der Waals surface area contributed by atoms with Crippen LogP contribution in [0.1, 0.15) is 17.5 Å². The molecule has 1 atom stereocenters. The first kappa shape index (κ1) is 8.75. The molecule has 0 aromatic heterocycles. The summed E-state index contributed by atoms with van der Waals surface area (Å²) in [7, 11) is 0. The van der Waals surface area contributed by atoms with Gasteiger partial charge in [-0.15, -0.1) is 0 Å². The summed E-state index contributed by atoms with van der Waals surface area (Å²) in [5, 5.41) is 0. The SMILES string of the molecule is NC(=O)C1(Br)CCc2ccccc21. The Morgan fingerprint density at radius 1 is 1.46 bits per heavy atom. The summed E-state index contributed by atoms with van der Waals surface area (Å²) in [6.45, 7) is 0. The largest absolute Gasteiger partial charge is 0.368 e. The molecule has 1 aromatic carbocycles. The van der Waals surface area contributed by atoms with Crippen molar-refractivity contribution in [2.24, 2.45) is 5.73 Å². The Bertz CT molecular complexity index is 364. The Kier molecular flexibility index (Phi) is 1.91. The van der Waals surface area contributed by atoms with Crippen LogP contribution in [0, 0.1) is 0 Å². The fourth-order valence-corrected chi connectivity index (χ4v) is 2.41. The lowest BCUT2D eigenvalue weighted by Gasteiger charge is -2.18. The topological polar surface area (TPSA) is 43.1 Å². The zero-order chi connectivity index (χ0) is 9.47. The van der Waals surface area contributed by atoms with Crippen LogP contribution in [-0.4, -0.2) is 5.91 Å². The number of amides is 1. The van der Waals surface area contributed by atoms with E-state index in [-0.39, 0.29) is 5.91 Å². The quantitative estimate of drug-likeness (QED) is 0.746. The van der Waals surface area contributed by atoms with E-state index in [9.17, 15) is 4.79 Å². The van der Waals surface area contributed by atoms with Gasteiger partial charge in [0, 0.05) is 0 Å². The van der Waals surface area contributed by atoms with Crippen molar-refractivity contribution in [3.63, 3.8) is 0 Å². The molecule has 2 rings (SSSR count). The number of primary amides is 1. The van der Waals surface area contributed by atoms with Crippen LogP contribution in [0.25, 0.3) is 0 Å². The number of aryl methyl sites for hydroxylation is 1. The van der Waals surface area contributed by atoms with E-state index < -0.39 is 4.32 Å². The Balaban J connectivity index is 2.55. The highest BCUT2D eigenvalue weighted by Gasteiger charge is 2.41. The summed E-state index contributed by atoms with van der Waals surface area (Å²) < 4.78 is -0.621. The van der Waals surface area contributed by atoms with Crippen LogP contribution in [-0.2, 0) is 15.5 Å². The van der Waals surface area contributed by atoms with Crippen molar-refractivity contribution < 1.29 is 4.79 Å². The molecular weight excluding hydrogens is 230 g/mol. The van der Waals surface area contributed by atoms with Gasteiger partial charge < -0.3 is 5.73 Å². The standard InChI is InChI=1S/C10H10BrNO/c11-10(9(12)13)6-5-7-3-1-2-4-8(7)10/h1-4H,5-6H2,(H2,12,13). The molecule has 1 amide bonds. The van der Waals surface area contributed by atoms with Crippen LogP contribution in [0.4, 0.5) is 0 Å². The Labute approximate surface area is 85.3 Å². The molecule has 1 aliphatic rings. The van der Waals surface area contributed by atoms with Gasteiger partial charge in [-0.2, -0.15) is 0 Å². The highest BCUT2D eigenvalue weighted by Crippen LogP contribution is 2.43. The number of benzene rings is 1. The van der Waals surface area contributed by atoms with Gasteiger partial charge in [0.1, 0.15) is 4.32 Å². The highest BCUT2D eigenvalue weighted by molar-refractivity contribution is 9.10. The van der Waals surface area contributed by atoms with Crippen LogP contribution in [0.2, 0.25) is 0 Å². The summed E-state index contributed by atoms with van der Waals surface area (Å²) in [4.78, 5) is 11.3. The maximum Gasteiger partial charge on any atom is 0.238 e. The highest BCUT2D eigenvalue weighted by atomic mass is 79.9. The Hall–Kier alpha value is -0.830. The maximum atomic E-state index is 11.3. The van der Waals surface area contributed by atoms with Gasteiger partial charge in [0.25, 0.3) is 0 Å². The fourth-order valence-electron chi connectivity index (χ4n) is 1.82. The number of carbonyl (C=O) groups is 1. The Morgan fingerprint density at radius 3 is 2.85 bits per heavy atom. The zero-order valence-corrected chi connectivity index (χ0v) is 8.67. The molecule has 1 aromatic rings. The molecule has 0 saturated heterocycles. The molecule has 0 heterocycles. The van der Waals surface area contributed by atoms with Crippen molar-refractivity contribution in [3.8, 4) is 0 Å². The van der Waals surface area contributed by atoms with E-state index in [0.29, 0.717) is 0 Å². The molecule has 2 nitrogen and oxygen atoms in total. The van der Waals surface area contributed by atoms with Gasteiger partial charge >= 0.3 is 0 Å². The minimum absolute atomic E-state index is 0.294. The smallest absolute Gasteiger partial charge is 0.238 e. The molecule has 68 valence electrons. The molecule has 0 aliphatic heterocycles. The van der Waals surface area contributed by atoms with Gasteiger partial charge in [0.15, 0.2) is 0 Å². The number of hydrogen-bond acceptors (Lipinski definition) is 1. The monoisotopic (exact) mass is 239 g/mol. The minimum atomic E-state index is -0.621. The van der Waals surface area contributed by atoms with Crippen LogP contribution >= 0.6 is 15.9 Å². The van der Waals surface area contributed by atoms with E-state index in [4.69, 9.17) is 5.73 Å². The maximum absolute atomic E-state index is 11.3. The number of rotatable bonds is 1. The summed E-state index contributed by atoms with van der Waals surface area (Å²) in [6.07, 6.45) is 1.69. The van der Waals surface area contributed by atoms with Gasteiger partial charge in [-0.05, 0) is 24.0 Å². The van der Waals surface area contributed by atoms with E-state index in [1.54, 1.807) is 0 Å². The average Bonchev–Trinajstić information content (AvgIpc) is 2.47. The first-order valence-corrected chi connectivity index (χ1v) is 5.01. The first-order chi connectivity index (χ1) is 6.14. The number of carbonyl (C=O) groups excluding carboxylic acids is 1. The molecule has 0 bridgehead atoms. The lowest BCUT2D eigenvalue weighted by atomic mass is 10.0. The summed E-state index contributed by atoms with van der Waals surface area (Å²) >= 11 is 3.43. The van der Waals surface area contributed by atoms with Gasteiger partial charge in [-0.1, -0.05) is 40.2 Å². The molecule has 0 spiro atoms. The van der Waals surface area contributed by atoms with Crippen LogP contribution < -0.4 is 5.73 Å². The van der Waals surface area contributed by atoms with Crippen molar-refractivity contribution in [2.75, 3.05) is 0 Å². The molecule has 2 N–H and O–H groups in total. The molecule has 1 unspecified atom stereocenters. The number of alkyl halides is 1. The summed E-state index contributed by atoms with van der Waals surface area (Å²) in [5.41, 5.74) is 7.61. The summed E-state index contributed by atoms with van der Waals surface area (Å²) in [5.74, 6) is -0.294. The number of hydrogen-bond donors (Lipinski definition) is 1. The molecule has 13 heavy (non-hydrogen) atoms. The number of halogens is 1. The van der Waals surface area contributed by atoms with Crippen molar-refractivity contribution in [1.29, 1.82) is 0 Å². The van der Waals surface area contributed by atoms with Gasteiger partial charge in [0.05, 0.1) is 0 Å². The summed E-state index contributed by atoms with van der Waals surface area (Å²) in [6, 6.07) is 7.92.